The lowest BCUT2D eigenvalue weighted by molar-refractivity contribution is -0.146. The number of amides is 1. The average molecular weight is 489 g/mol. The van der Waals surface area contributed by atoms with E-state index in [1.165, 1.54) is 18.9 Å². The van der Waals surface area contributed by atoms with Crippen molar-refractivity contribution in [1.29, 1.82) is 0 Å². The second-order valence-electron chi connectivity index (χ2n) is 7.41. The van der Waals surface area contributed by atoms with Crippen LogP contribution in [0, 0.1) is 5.92 Å². The van der Waals surface area contributed by atoms with Gasteiger partial charge in [-0.15, -0.1) is 10.2 Å². The molecule has 0 fully saturated rings. The van der Waals surface area contributed by atoms with Gasteiger partial charge in [-0.3, -0.25) is 9.36 Å². The van der Waals surface area contributed by atoms with Crippen molar-refractivity contribution in [3.8, 4) is 11.4 Å². The maximum atomic E-state index is 12.5. The Morgan fingerprint density at radius 1 is 1.09 bits per heavy atom. The van der Waals surface area contributed by atoms with E-state index >= 15 is 0 Å². The molecule has 0 aliphatic heterocycles. The van der Waals surface area contributed by atoms with Gasteiger partial charge in [0.25, 0.3) is 0 Å². The molecule has 10 heteroatoms. The number of ether oxygens (including phenoxy) is 2. The van der Waals surface area contributed by atoms with Gasteiger partial charge >= 0.3 is 5.97 Å². The Kier molecular flexibility index (Phi) is 8.73. The molecule has 1 unspecified atom stereocenters. The standard InChI is InChI=1S/C23H25ClN4O4S/c1-15(2)21(22(30)31-3)25-20(29)14-33-23-27-26-19(28(23)17-7-5-4-6-8-17)13-32-18-11-9-16(24)10-12-18/h4-12,15,21H,13-14H2,1-3H3,(H,25,29). The number of esters is 1. The number of para-hydroxylation sites is 1. The van der Waals surface area contributed by atoms with Gasteiger partial charge in [0.1, 0.15) is 18.4 Å². The van der Waals surface area contributed by atoms with E-state index in [0.717, 1.165) is 5.69 Å². The van der Waals surface area contributed by atoms with Crippen molar-refractivity contribution in [3.63, 3.8) is 0 Å². The number of carbonyl (C=O) groups excluding carboxylic acids is 2. The van der Waals surface area contributed by atoms with E-state index in [-0.39, 0.29) is 24.2 Å². The summed E-state index contributed by atoms with van der Waals surface area (Å²) < 4.78 is 12.5. The van der Waals surface area contributed by atoms with Crippen molar-refractivity contribution >= 4 is 35.2 Å². The molecule has 0 saturated carbocycles. The maximum Gasteiger partial charge on any atom is 0.328 e. The fourth-order valence-corrected chi connectivity index (χ4v) is 3.88. The highest BCUT2D eigenvalue weighted by Crippen LogP contribution is 2.23. The smallest absolute Gasteiger partial charge is 0.328 e. The molecule has 1 amide bonds. The van der Waals surface area contributed by atoms with Crippen molar-refractivity contribution in [1.82, 2.24) is 20.1 Å². The second kappa shape index (κ2) is 11.7. The van der Waals surface area contributed by atoms with E-state index in [0.29, 0.717) is 21.8 Å². The van der Waals surface area contributed by atoms with Gasteiger partial charge in [0, 0.05) is 10.7 Å². The van der Waals surface area contributed by atoms with E-state index in [9.17, 15) is 9.59 Å². The Morgan fingerprint density at radius 2 is 1.79 bits per heavy atom. The lowest BCUT2D eigenvalue weighted by Crippen LogP contribution is -2.45. The number of methoxy groups -OCH3 is 1. The lowest BCUT2D eigenvalue weighted by Gasteiger charge is -2.19. The largest absolute Gasteiger partial charge is 0.486 e. The van der Waals surface area contributed by atoms with E-state index in [1.807, 2.05) is 48.7 Å². The van der Waals surface area contributed by atoms with Crippen LogP contribution in [0.25, 0.3) is 5.69 Å². The van der Waals surface area contributed by atoms with Crippen LogP contribution in [0.2, 0.25) is 5.02 Å². The van der Waals surface area contributed by atoms with Gasteiger partial charge in [-0.25, -0.2) is 4.79 Å². The number of halogens is 1. The zero-order valence-electron chi connectivity index (χ0n) is 18.5. The van der Waals surface area contributed by atoms with Gasteiger partial charge in [-0.05, 0) is 42.3 Å². The Morgan fingerprint density at radius 3 is 2.42 bits per heavy atom. The van der Waals surface area contributed by atoms with Gasteiger partial charge in [-0.1, -0.05) is 55.4 Å². The highest BCUT2D eigenvalue weighted by Gasteiger charge is 2.25. The van der Waals surface area contributed by atoms with Crippen LogP contribution in [-0.2, 0) is 20.9 Å². The van der Waals surface area contributed by atoms with Crippen LogP contribution >= 0.6 is 23.4 Å². The number of nitrogens with one attached hydrogen (secondary N) is 1. The summed E-state index contributed by atoms with van der Waals surface area (Å²) in [6, 6.07) is 15.9. The van der Waals surface area contributed by atoms with Crippen molar-refractivity contribution in [2.24, 2.45) is 5.92 Å². The first-order chi connectivity index (χ1) is 15.9. The summed E-state index contributed by atoms with van der Waals surface area (Å²) in [7, 11) is 1.30. The molecule has 33 heavy (non-hydrogen) atoms. The maximum absolute atomic E-state index is 12.5. The fraction of sp³-hybridized carbons (Fsp3) is 0.304. The molecule has 1 atom stereocenters. The summed E-state index contributed by atoms with van der Waals surface area (Å²) in [5, 5.41) is 12.4. The molecule has 0 radical (unpaired) electrons. The van der Waals surface area contributed by atoms with Crippen molar-refractivity contribution in [2.45, 2.75) is 31.7 Å². The third-order valence-electron chi connectivity index (χ3n) is 4.67. The van der Waals surface area contributed by atoms with Gasteiger partial charge in [0.05, 0.1) is 12.9 Å². The molecule has 0 saturated heterocycles. The van der Waals surface area contributed by atoms with E-state index < -0.39 is 12.0 Å². The number of thioether (sulfide) groups is 1. The van der Waals surface area contributed by atoms with E-state index in [1.54, 1.807) is 24.3 Å². The minimum absolute atomic E-state index is 0.0588. The van der Waals surface area contributed by atoms with Crippen LogP contribution in [0.1, 0.15) is 19.7 Å². The Bertz CT molecular complexity index is 1070. The molecular weight excluding hydrogens is 464 g/mol. The summed E-state index contributed by atoms with van der Waals surface area (Å²) in [5.74, 6) is 0.411. The average Bonchev–Trinajstić information content (AvgIpc) is 3.23. The second-order valence-corrected chi connectivity index (χ2v) is 8.79. The van der Waals surface area contributed by atoms with Crippen molar-refractivity contribution in [2.75, 3.05) is 12.9 Å². The topological polar surface area (TPSA) is 95.3 Å². The number of hydrogen-bond acceptors (Lipinski definition) is 7. The number of carbonyl (C=O) groups is 2. The summed E-state index contributed by atoms with van der Waals surface area (Å²) in [5.41, 5.74) is 0.842. The Hall–Kier alpha value is -3.04. The molecule has 1 N–H and O–H groups in total. The first kappa shape index (κ1) is 24.6. The summed E-state index contributed by atoms with van der Waals surface area (Å²) in [6.45, 7) is 3.86. The number of hydrogen-bond donors (Lipinski definition) is 1. The lowest BCUT2D eigenvalue weighted by atomic mass is 10.1. The van der Waals surface area contributed by atoms with Crippen LogP contribution in [0.15, 0.2) is 59.8 Å². The number of rotatable bonds is 10. The molecule has 3 rings (SSSR count). The normalized spacial score (nSPS) is 11.8. The minimum Gasteiger partial charge on any atom is -0.486 e. The zero-order chi connectivity index (χ0) is 23.8. The number of aromatic nitrogens is 3. The molecule has 0 aliphatic carbocycles. The third-order valence-corrected chi connectivity index (χ3v) is 5.85. The van der Waals surface area contributed by atoms with Crippen LogP contribution in [-0.4, -0.2) is 45.5 Å². The fourth-order valence-electron chi connectivity index (χ4n) is 2.97. The minimum atomic E-state index is -0.710. The molecule has 8 nitrogen and oxygen atoms in total. The highest BCUT2D eigenvalue weighted by molar-refractivity contribution is 7.99. The molecule has 3 aromatic rings. The molecule has 0 spiro atoms. The van der Waals surface area contributed by atoms with Gasteiger partial charge < -0.3 is 14.8 Å². The molecule has 2 aromatic carbocycles. The highest BCUT2D eigenvalue weighted by atomic mass is 35.5. The Labute approximate surface area is 201 Å². The van der Waals surface area contributed by atoms with Gasteiger partial charge in [-0.2, -0.15) is 0 Å². The monoisotopic (exact) mass is 488 g/mol. The zero-order valence-corrected chi connectivity index (χ0v) is 20.1. The van der Waals surface area contributed by atoms with Gasteiger partial charge in [0.15, 0.2) is 11.0 Å². The third kappa shape index (κ3) is 6.72. The first-order valence-electron chi connectivity index (χ1n) is 10.3. The summed E-state index contributed by atoms with van der Waals surface area (Å²) >= 11 is 7.15. The molecular formula is C23H25ClN4O4S. The molecule has 0 aliphatic rings. The SMILES string of the molecule is COC(=O)C(NC(=O)CSc1nnc(COc2ccc(Cl)cc2)n1-c1ccccc1)C(C)C. The molecule has 1 heterocycles. The number of nitrogens with zero attached hydrogens (tertiary/aromatic N) is 3. The van der Waals surface area contributed by atoms with Crippen molar-refractivity contribution < 1.29 is 19.1 Å². The van der Waals surface area contributed by atoms with Gasteiger partial charge in [0.2, 0.25) is 5.91 Å². The first-order valence-corrected chi connectivity index (χ1v) is 11.6. The van der Waals surface area contributed by atoms with Crippen LogP contribution in [0.5, 0.6) is 5.75 Å². The van der Waals surface area contributed by atoms with Crippen LogP contribution in [0.4, 0.5) is 0 Å². The predicted octanol–water partition coefficient (Wildman–Crippen LogP) is 3.91. The summed E-state index contributed by atoms with van der Waals surface area (Å²) in [6.07, 6.45) is 0. The van der Waals surface area contributed by atoms with E-state index in [4.69, 9.17) is 21.1 Å². The predicted molar refractivity (Wildman–Crippen MR) is 127 cm³/mol. The molecule has 0 bridgehead atoms. The Balaban J connectivity index is 1.74. The molecule has 174 valence electrons. The van der Waals surface area contributed by atoms with E-state index in [2.05, 4.69) is 15.5 Å². The quantitative estimate of drug-likeness (QED) is 0.341. The molecule has 1 aromatic heterocycles. The number of benzene rings is 2. The van der Waals surface area contributed by atoms with Crippen LogP contribution < -0.4 is 10.1 Å². The van der Waals surface area contributed by atoms with Crippen LogP contribution in [0.3, 0.4) is 0 Å². The van der Waals surface area contributed by atoms with Crippen molar-refractivity contribution in [3.05, 3.63) is 65.4 Å². The summed E-state index contributed by atoms with van der Waals surface area (Å²) in [4.78, 5) is 24.4.